The first-order valence-corrected chi connectivity index (χ1v) is 14.0. The fourth-order valence-corrected chi connectivity index (χ4v) is 5.22. The van der Waals surface area contributed by atoms with Gasteiger partial charge in [-0.1, -0.05) is 77.8 Å². The molecule has 1 amide bonds. The van der Waals surface area contributed by atoms with Crippen LogP contribution in [0.3, 0.4) is 0 Å². The summed E-state index contributed by atoms with van der Waals surface area (Å²) in [5, 5.41) is 8.12. The lowest BCUT2D eigenvalue weighted by molar-refractivity contribution is 0.0729. The number of benzene rings is 5. The van der Waals surface area contributed by atoms with Gasteiger partial charge in [0.05, 0.1) is 24.4 Å². The minimum atomic E-state index is -0.552. The number of esters is 1. The van der Waals surface area contributed by atoms with Gasteiger partial charge in [-0.05, 0) is 59.5 Å². The van der Waals surface area contributed by atoms with Gasteiger partial charge in [-0.15, -0.1) is 0 Å². The molecular weight excluding hydrogens is 585 g/mol. The molecule has 0 aliphatic rings. The Labute approximate surface area is 256 Å². The lowest BCUT2D eigenvalue weighted by Crippen LogP contribution is -2.19. The number of aromatic nitrogens is 1. The lowest BCUT2D eigenvalue weighted by Gasteiger charge is -2.10. The molecule has 0 saturated heterocycles. The Morgan fingerprint density at radius 2 is 1.60 bits per heavy atom. The second-order valence-corrected chi connectivity index (χ2v) is 10.4. The van der Waals surface area contributed by atoms with E-state index in [4.69, 9.17) is 32.7 Å². The number of ether oxygens (including phenoxy) is 2. The molecule has 0 bridgehead atoms. The van der Waals surface area contributed by atoms with E-state index in [9.17, 15) is 9.59 Å². The summed E-state index contributed by atoms with van der Waals surface area (Å²) in [6.45, 7) is 0. The van der Waals surface area contributed by atoms with Gasteiger partial charge in [0.1, 0.15) is 5.69 Å². The highest BCUT2D eigenvalue weighted by molar-refractivity contribution is 6.34. The van der Waals surface area contributed by atoms with Gasteiger partial charge in [0.25, 0.3) is 5.91 Å². The summed E-state index contributed by atoms with van der Waals surface area (Å²) >= 11 is 12.5. The fourth-order valence-electron chi connectivity index (χ4n) is 4.87. The van der Waals surface area contributed by atoms with Gasteiger partial charge in [0.2, 0.25) is 0 Å². The van der Waals surface area contributed by atoms with Crippen molar-refractivity contribution in [1.29, 1.82) is 0 Å². The predicted molar refractivity (Wildman–Crippen MR) is 171 cm³/mol. The van der Waals surface area contributed by atoms with Crippen molar-refractivity contribution in [3.05, 3.63) is 130 Å². The van der Waals surface area contributed by atoms with E-state index in [-0.39, 0.29) is 5.75 Å². The molecule has 0 fully saturated rings. The van der Waals surface area contributed by atoms with E-state index in [0.717, 1.165) is 27.2 Å². The summed E-state index contributed by atoms with van der Waals surface area (Å²) in [5.74, 6) is -0.435. The summed E-state index contributed by atoms with van der Waals surface area (Å²) in [7, 11) is 1.47. The molecule has 2 N–H and O–H groups in total. The van der Waals surface area contributed by atoms with Crippen LogP contribution in [0.2, 0.25) is 10.0 Å². The van der Waals surface area contributed by atoms with Crippen molar-refractivity contribution in [2.45, 2.75) is 0 Å². The largest absolute Gasteiger partial charge is 0.493 e. The van der Waals surface area contributed by atoms with Crippen LogP contribution in [0.25, 0.3) is 32.8 Å². The topological polar surface area (TPSA) is 92.8 Å². The van der Waals surface area contributed by atoms with Crippen LogP contribution in [0, 0.1) is 0 Å². The van der Waals surface area contributed by atoms with E-state index in [2.05, 4.69) is 15.5 Å². The molecule has 1 aromatic heterocycles. The first-order chi connectivity index (χ1) is 20.9. The highest BCUT2D eigenvalue weighted by Crippen LogP contribution is 2.39. The minimum Gasteiger partial charge on any atom is -0.493 e. The summed E-state index contributed by atoms with van der Waals surface area (Å²) < 4.78 is 10.9. The first-order valence-electron chi connectivity index (χ1n) is 13.2. The second kappa shape index (κ2) is 12.0. The van der Waals surface area contributed by atoms with E-state index >= 15 is 0 Å². The Morgan fingerprint density at radius 1 is 0.837 bits per heavy atom. The average Bonchev–Trinajstić information content (AvgIpc) is 3.42. The second-order valence-electron chi connectivity index (χ2n) is 9.57. The van der Waals surface area contributed by atoms with Crippen LogP contribution in [-0.2, 0) is 0 Å². The van der Waals surface area contributed by atoms with Crippen LogP contribution >= 0.6 is 23.2 Å². The van der Waals surface area contributed by atoms with Gasteiger partial charge < -0.3 is 14.5 Å². The van der Waals surface area contributed by atoms with E-state index in [1.807, 2.05) is 54.6 Å². The third kappa shape index (κ3) is 5.68. The smallest absolute Gasteiger partial charge is 0.343 e. The molecule has 0 aliphatic heterocycles. The zero-order valence-electron chi connectivity index (χ0n) is 22.7. The number of methoxy groups -OCH3 is 1. The van der Waals surface area contributed by atoms with Gasteiger partial charge in [0, 0.05) is 31.9 Å². The molecule has 43 heavy (non-hydrogen) atoms. The number of H-pyrrole nitrogens is 1. The lowest BCUT2D eigenvalue weighted by atomic mass is 9.99. The quantitative estimate of drug-likeness (QED) is 0.0826. The third-order valence-electron chi connectivity index (χ3n) is 6.92. The number of rotatable bonds is 7. The van der Waals surface area contributed by atoms with Crippen molar-refractivity contribution < 1.29 is 19.1 Å². The number of nitrogens with one attached hydrogen (secondary N) is 2. The molecule has 0 spiro atoms. The van der Waals surface area contributed by atoms with E-state index in [1.54, 1.807) is 48.5 Å². The molecule has 212 valence electrons. The third-order valence-corrected chi connectivity index (χ3v) is 7.50. The zero-order chi connectivity index (χ0) is 29.9. The van der Waals surface area contributed by atoms with Gasteiger partial charge >= 0.3 is 5.97 Å². The number of aromatic amines is 1. The van der Waals surface area contributed by atoms with Crippen LogP contribution in [0.15, 0.2) is 108 Å². The molecule has 1 heterocycles. The number of hydrazone groups is 1. The number of halogens is 2. The Bertz CT molecular complexity index is 2030. The zero-order valence-corrected chi connectivity index (χ0v) is 24.2. The Balaban J connectivity index is 1.27. The van der Waals surface area contributed by atoms with Crippen molar-refractivity contribution in [3.63, 3.8) is 0 Å². The predicted octanol–water partition coefficient (Wildman–Crippen LogP) is 8.29. The number of amides is 1. The maximum absolute atomic E-state index is 13.5. The molecule has 6 aromatic rings. The molecule has 9 heteroatoms. The average molecular weight is 608 g/mol. The number of carbonyl (C=O) groups is 2. The normalized spacial score (nSPS) is 11.2. The van der Waals surface area contributed by atoms with Crippen molar-refractivity contribution in [2.75, 3.05) is 7.11 Å². The van der Waals surface area contributed by atoms with E-state index in [1.165, 1.54) is 13.3 Å². The SMILES string of the molecule is COc1cc(C=NNC(=O)c2[nH]c3c(ccc4ccccc43)c2-c2ccccc2Cl)ccc1OC(=O)c1ccc(Cl)cc1. The standard InChI is InChI=1S/C34H23Cl2N3O4/c1-42-29-18-20(10-17-28(29)43-34(41)22-11-14-23(35)15-12-22)19-37-39-33(40)32-30(25-8-4-5-9-27(25)36)26-16-13-21-6-2-3-7-24(21)31(26)38-32/h2-19,38H,1H3,(H,39,40). The summed E-state index contributed by atoms with van der Waals surface area (Å²) in [4.78, 5) is 29.4. The number of hydrogen-bond acceptors (Lipinski definition) is 5. The highest BCUT2D eigenvalue weighted by atomic mass is 35.5. The number of fused-ring (bicyclic) bond motifs is 3. The first kappa shape index (κ1) is 28.0. The Kier molecular flexibility index (Phi) is 7.83. The van der Waals surface area contributed by atoms with E-state index in [0.29, 0.717) is 38.2 Å². The van der Waals surface area contributed by atoms with Gasteiger partial charge in [0.15, 0.2) is 11.5 Å². The van der Waals surface area contributed by atoms with Crippen LogP contribution in [-0.4, -0.2) is 30.2 Å². The Hall–Kier alpha value is -5.11. The highest BCUT2D eigenvalue weighted by Gasteiger charge is 2.22. The molecule has 0 radical (unpaired) electrons. The fraction of sp³-hybridized carbons (Fsp3) is 0.0294. The molecular formula is C34H23Cl2N3O4. The van der Waals surface area contributed by atoms with Gasteiger partial charge in [-0.2, -0.15) is 5.10 Å². The van der Waals surface area contributed by atoms with Crippen molar-refractivity contribution in [3.8, 4) is 22.6 Å². The number of carbonyl (C=O) groups excluding carboxylic acids is 2. The van der Waals surface area contributed by atoms with Crippen molar-refractivity contribution >= 4 is 63.0 Å². The Morgan fingerprint density at radius 3 is 2.40 bits per heavy atom. The van der Waals surface area contributed by atoms with Gasteiger partial charge in [-0.25, -0.2) is 10.2 Å². The number of nitrogens with zero attached hydrogens (tertiary/aromatic N) is 1. The molecule has 0 unspecified atom stereocenters. The maximum atomic E-state index is 13.5. The minimum absolute atomic E-state index is 0.235. The molecule has 0 saturated carbocycles. The van der Waals surface area contributed by atoms with Crippen LogP contribution in [0.5, 0.6) is 11.5 Å². The summed E-state index contributed by atoms with van der Waals surface area (Å²) in [6, 6.07) is 30.7. The van der Waals surface area contributed by atoms with Gasteiger partial charge in [-0.3, -0.25) is 4.79 Å². The number of hydrogen-bond donors (Lipinski definition) is 2. The van der Waals surface area contributed by atoms with Crippen LogP contribution in [0.4, 0.5) is 0 Å². The summed E-state index contributed by atoms with van der Waals surface area (Å²) in [5.41, 5.74) is 6.15. The summed E-state index contributed by atoms with van der Waals surface area (Å²) in [6.07, 6.45) is 1.47. The van der Waals surface area contributed by atoms with E-state index < -0.39 is 11.9 Å². The molecule has 0 aliphatic carbocycles. The monoisotopic (exact) mass is 607 g/mol. The van der Waals surface area contributed by atoms with Crippen molar-refractivity contribution in [2.24, 2.45) is 5.10 Å². The van der Waals surface area contributed by atoms with Crippen LogP contribution < -0.4 is 14.9 Å². The molecule has 6 rings (SSSR count). The van der Waals surface area contributed by atoms with Crippen LogP contribution in [0.1, 0.15) is 26.4 Å². The molecule has 5 aromatic carbocycles. The molecule has 7 nitrogen and oxygen atoms in total. The maximum Gasteiger partial charge on any atom is 0.343 e. The van der Waals surface area contributed by atoms with Crippen molar-refractivity contribution in [1.82, 2.24) is 10.4 Å². The molecule has 0 atom stereocenters.